The number of carbonyl (C=O) groups is 1. The predicted molar refractivity (Wildman–Crippen MR) is 84.0 cm³/mol. The molecule has 0 fully saturated rings. The molecule has 0 radical (unpaired) electrons. The van der Waals surface area contributed by atoms with E-state index in [1.54, 1.807) is 23.5 Å². The molecule has 5 nitrogen and oxygen atoms in total. The molecular weight excluding hydrogens is 340 g/mol. The summed E-state index contributed by atoms with van der Waals surface area (Å²) in [6, 6.07) is 5.42. The molecule has 2 rings (SSSR count). The average molecular weight is 355 g/mol. The second-order valence-electron chi connectivity index (χ2n) is 4.14. The average Bonchev–Trinajstić information content (AvgIpc) is 2.89. The van der Waals surface area contributed by atoms with E-state index in [9.17, 15) is 4.79 Å². The molecule has 0 saturated carbocycles. The van der Waals surface area contributed by atoms with E-state index in [0.29, 0.717) is 18.1 Å². The molecule has 0 saturated heterocycles. The molecule has 1 amide bonds. The van der Waals surface area contributed by atoms with Gasteiger partial charge in [0.15, 0.2) is 5.69 Å². The second kappa shape index (κ2) is 7.35. The first kappa shape index (κ1) is 14.9. The molecule has 0 aliphatic carbocycles. The summed E-state index contributed by atoms with van der Waals surface area (Å²) in [5, 5.41) is 15.8. The van der Waals surface area contributed by atoms with Crippen LogP contribution in [0.25, 0.3) is 0 Å². The monoisotopic (exact) mass is 354 g/mol. The van der Waals surface area contributed by atoms with Crippen molar-refractivity contribution in [3.05, 3.63) is 38.6 Å². The van der Waals surface area contributed by atoms with Gasteiger partial charge in [-0.25, -0.2) is 0 Å². The highest BCUT2D eigenvalue weighted by atomic mass is 79.9. The lowest BCUT2D eigenvalue weighted by Crippen LogP contribution is -2.23. The summed E-state index contributed by atoms with van der Waals surface area (Å²) in [4.78, 5) is 13.0. The molecule has 0 aromatic carbocycles. The Bertz CT molecular complexity index is 570. The molecule has 2 N–H and O–H groups in total. The zero-order valence-electron chi connectivity index (χ0n) is 11.0. The van der Waals surface area contributed by atoms with Crippen LogP contribution in [0.2, 0.25) is 0 Å². The van der Waals surface area contributed by atoms with Crippen LogP contribution in [0.3, 0.4) is 0 Å². The van der Waals surface area contributed by atoms with Crippen LogP contribution in [0.15, 0.2) is 28.1 Å². The zero-order valence-corrected chi connectivity index (χ0v) is 13.4. The molecule has 0 aliphatic heterocycles. The Morgan fingerprint density at radius 3 is 2.85 bits per heavy atom. The Kier molecular flexibility index (Phi) is 5.49. The molecule has 20 heavy (non-hydrogen) atoms. The minimum atomic E-state index is -0.218. The van der Waals surface area contributed by atoms with Crippen molar-refractivity contribution in [2.45, 2.75) is 19.9 Å². The third-order valence-corrected chi connectivity index (χ3v) is 4.20. The Balaban J connectivity index is 1.88. The molecule has 0 atom stereocenters. The third kappa shape index (κ3) is 4.28. The highest BCUT2D eigenvalue weighted by Gasteiger charge is 2.08. The summed E-state index contributed by atoms with van der Waals surface area (Å²) >= 11 is 4.97. The lowest BCUT2D eigenvalue weighted by atomic mass is 10.3. The van der Waals surface area contributed by atoms with E-state index < -0.39 is 0 Å². The van der Waals surface area contributed by atoms with Gasteiger partial charge in [0, 0.05) is 21.3 Å². The molecule has 2 aromatic rings. The predicted octanol–water partition coefficient (Wildman–Crippen LogP) is 3.05. The number of amides is 1. The minimum Gasteiger partial charge on any atom is -0.369 e. The van der Waals surface area contributed by atoms with Gasteiger partial charge in [-0.15, -0.1) is 21.5 Å². The van der Waals surface area contributed by atoms with Gasteiger partial charge in [0.05, 0.1) is 6.54 Å². The molecule has 7 heteroatoms. The lowest BCUT2D eigenvalue weighted by Gasteiger charge is -2.04. The van der Waals surface area contributed by atoms with Gasteiger partial charge in [-0.2, -0.15) is 0 Å². The van der Waals surface area contributed by atoms with Gasteiger partial charge in [0.25, 0.3) is 5.91 Å². The number of anilines is 1. The van der Waals surface area contributed by atoms with Gasteiger partial charge in [0.2, 0.25) is 0 Å². The first-order chi connectivity index (χ1) is 9.69. The summed E-state index contributed by atoms with van der Waals surface area (Å²) in [7, 11) is 0. The van der Waals surface area contributed by atoms with Crippen molar-refractivity contribution < 1.29 is 4.79 Å². The van der Waals surface area contributed by atoms with Crippen LogP contribution in [0.1, 0.15) is 28.7 Å². The highest BCUT2D eigenvalue weighted by Crippen LogP contribution is 2.19. The molecule has 0 unspecified atom stereocenters. The van der Waals surface area contributed by atoms with Crippen LogP contribution in [0, 0.1) is 0 Å². The third-order valence-electron chi connectivity index (χ3n) is 2.50. The van der Waals surface area contributed by atoms with Crippen LogP contribution < -0.4 is 10.6 Å². The van der Waals surface area contributed by atoms with Crippen molar-refractivity contribution >= 4 is 39.0 Å². The molecule has 2 aromatic heterocycles. The van der Waals surface area contributed by atoms with E-state index in [4.69, 9.17) is 0 Å². The van der Waals surface area contributed by atoms with Crippen molar-refractivity contribution in [2.75, 3.05) is 11.9 Å². The van der Waals surface area contributed by atoms with Crippen LogP contribution in [-0.2, 0) is 6.54 Å². The number of carbonyl (C=O) groups excluding carboxylic acids is 1. The Labute approximate surface area is 129 Å². The summed E-state index contributed by atoms with van der Waals surface area (Å²) < 4.78 is 1.03. The first-order valence-corrected chi connectivity index (χ1v) is 7.95. The standard InChI is InChI=1S/C13H15BrN4OS/c1-2-5-15-12-4-3-11(17-18-12)13(19)16-7-10-6-9(14)8-20-10/h3-4,6,8H,2,5,7H2,1H3,(H,15,18)(H,16,19). The van der Waals surface area contributed by atoms with Gasteiger partial charge in [-0.05, 0) is 40.5 Å². The molecule has 0 bridgehead atoms. The van der Waals surface area contributed by atoms with Crippen LogP contribution in [0.5, 0.6) is 0 Å². The van der Waals surface area contributed by atoms with E-state index >= 15 is 0 Å². The number of thiophene rings is 1. The SMILES string of the molecule is CCCNc1ccc(C(=O)NCc2cc(Br)cs2)nn1. The normalized spacial score (nSPS) is 10.3. The number of halogens is 1. The van der Waals surface area contributed by atoms with Crippen LogP contribution >= 0.6 is 27.3 Å². The van der Waals surface area contributed by atoms with Gasteiger partial charge in [-0.1, -0.05) is 6.92 Å². The fraction of sp³-hybridized carbons (Fsp3) is 0.308. The Hall–Kier alpha value is -1.47. The van der Waals surface area contributed by atoms with Gasteiger partial charge < -0.3 is 10.6 Å². The van der Waals surface area contributed by atoms with Crippen LogP contribution in [0.4, 0.5) is 5.82 Å². The van der Waals surface area contributed by atoms with Gasteiger partial charge in [0.1, 0.15) is 5.82 Å². The summed E-state index contributed by atoms with van der Waals surface area (Å²) in [6.07, 6.45) is 1.01. The smallest absolute Gasteiger partial charge is 0.272 e. The summed E-state index contributed by atoms with van der Waals surface area (Å²) in [6.45, 7) is 3.41. The number of nitrogens with zero attached hydrogens (tertiary/aromatic N) is 2. The number of hydrogen-bond acceptors (Lipinski definition) is 5. The molecule has 2 heterocycles. The van der Waals surface area contributed by atoms with E-state index in [2.05, 4.69) is 43.7 Å². The lowest BCUT2D eigenvalue weighted by molar-refractivity contribution is 0.0945. The fourth-order valence-corrected chi connectivity index (χ4v) is 2.90. The van der Waals surface area contributed by atoms with E-state index in [1.807, 2.05) is 11.4 Å². The molecule has 0 spiro atoms. The zero-order chi connectivity index (χ0) is 14.4. The quantitative estimate of drug-likeness (QED) is 0.836. The number of aromatic nitrogens is 2. The largest absolute Gasteiger partial charge is 0.369 e. The number of hydrogen-bond donors (Lipinski definition) is 2. The number of nitrogens with one attached hydrogen (secondary N) is 2. The Morgan fingerprint density at radius 2 is 2.25 bits per heavy atom. The Morgan fingerprint density at radius 1 is 1.40 bits per heavy atom. The summed E-state index contributed by atoms with van der Waals surface area (Å²) in [5.41, 5.74) is 0.322. The van der Waals surface area contributed by atoms with Gasteiger partial charge >= 0.3 is 0 Å². The topological polar surface area (TPSA) is 66.9 Å². The summed E-state index contributed by atoms with van der Waals surface area (Å²) in [5.74, 6) is 0.467. The molecular formula is C13H15BrN4OS. The van der Waals surface area contributed by atoms with E-state index in [1.165, 1.54) is 0 Å². The molecule has 0 aliphatic rings. The maximum absolute atomic E-state index is 11.9. The van der Waals surface area contributed by atoms with Crippen molar-refractivity contribution in [1.29, 1.82) is 0 Å². The van der Waals surface area contributed by atoms with Crippen molar-refractivity contribution in [3.8, 4) is 0 Å². The molecule has 106 valence electrons. The van der Waals surface area contributed by atoms with Crippen molar-refractivity contribution in [1.82, 2.24) is 15.5 Å². The van der Waals surface area contributed by atoms with Gasteiger partial charge in [-0.3, -0.25) is 4.79 Å². The number of rotatable bonds is 6. The van der Waals surface area contributed by atoms with E-state index in [-0.39, 0.29) is 5.91 Å². The maximum atomic E-state index is 11.9. The maximum Gasteiger partial charge on any atom is 0.272 e. The minimum absolute atomic E-state index is 0.218. The highest BCUT2D eigenvalue weighted by molar-refractivity contribution is 9.10. The van der Waals surface area contributed by atoms with Crippen LogP contribution in [-0.4, -0.2) is 22.6 Å². The fourth-order valence-electron chi connectivity index (χ4n) is 1.51. The van der Waals surface area contributed by atoms with Crippen molar-refractivity contribution in [3.63, 3.8) is 0 Å². The first-order valence-electron chi connectivity index (χ1n) is 6.27. The van der Waals surface area contributed by atoms with E-state index in [0.717, 1.165) is 22.3 Å². The van der Waals surface area contributed by atoms with Crippen molar-refractivity contribution in [2.24, 2.45) is 0 Å². The second-order valence-corrected chi connectivity index (χ2v) is 6.06.